The van der Waals surface area contributed by atoms with E-state index in [9.17, 15) is 19.3 Å². The third-order valence-electron chi connectivity index (χ3n) is 2.36. The summed E-state index contributed by atoms with van der Waals surface area (Å²) in [7, 11) is 1.54. The first-order chi connectivity index (χ1) is 9.56. The molecule has 0 aliphatic rings. The molecule has 0 heterocycles. The number of nitrogens with one attached hydrogen (secondary N) is 1. The monoisotopic (exact) mass is 286 g/mol. The molecule has 0 aliphatic carbocycles. The number of carbonyl (C=O) groups excluding carboxylic acids is 1. The number of nitro benzene ring substituents is 1. The molecule has 110 valence electrons. The highest BCUT2D eigenvalue weighted by atomic mass is 19.1. The predicted octanol–water partition coefficient (Wildman–Crippen LogP) is 1.13. The van der Waals surface area contributed by atoms with Gasteiger partial charge in [-0.3, -0.25) is 14.9 Å². The maximum Gasteiger partial charge on any atom is 0.282 e. The highest BCUT2D eigenvalue weighted by Crippen LogP contribution is 2.19. The molecule has 1 aromatic rings. The zero-order valence-electron chi connectivity index (χ0n) is 10.9. The summed E-state index contributed by atoms with van der Waals surface area (Å²) in [6.07, 6.45) is 0. The molecular formula is C12H15FN2O5. The number of hydrogen-bond donors (Lipinski definition) is 1. The van der Waals surface area contributed by atoms with E-state index in [-0.39, 0.29) is 18.7 Å². The van der Waals surface area contributed by atoms with Crippen molar-refractivity contribution in [3.8, 4) is 0 Å². The Balaban J connectivity index is 2.54. The molecule has 0 atom stereocenters. The number of nitro groups is 1. The zero-order valence-corrected chi connectivity index (χ0v) is 10.9. The van der Waals surface area contributed by atoms with Crippen LogP contribution >= 0.6 is 0 Å². The van der Waals surface area contributed by atoms with Crippen molar-refractivity contribution in [2.24, 2.45) is 0 Å². The number of carbonyl (C=O) groups is 1. The van der Waals surface area contributed by atoms with E-state index in [4.69, 9.17) is 9.47 Å². The van der Waals surface area contributed by atoms with Crippen molar-refractivity contribution in [1.29, 1.82) is 0 Å². The van der Waals surface area contributed by atoms with E-state index < -0.39 is 22.3 Å². The summed E-state index contributed by atoms with van der Waals surface area (Å²) in [6.45, 7) is 1.21. The Morgan fingerprint density at radius 3 is 2.80 bits per heavy atom. The summed E-state index contributed by atoms with van der Waals surface area (Å²) in [6, 6.07) is 2.72. The van der Waals surface area contributed by atoms with Crippen molar-refractivity contribution in [3.05, 3.63) is 39.7 Å². The zero-order chi connectivity index (χ0) is 15.0. The SMILES string of the molecule is COCCOCCNC(=O)c1cc(F)ccc1[N+](=O)[O-]. The Labute approximate surface area is 114 Å². The van der Waals surface area contributed by atoms with Crippen LogP contribution in [-0.2, 0) is 9.47 Å². The second-order valence-electron chi connectivity index (χ2n) is 3.78. The van der Waals surface area contributed by atoms with Gasteiger partial charge in [-0.05, 0) is 12.1 Å². The molecule has 0 aromatic heterocycles. The van der Waals surface area contributed by atoms with Crippen LogP contribution in [0.3, 0.4) is 0 Å². The first-order valence-electron chi connectivity index (χ1n) is 5.85. The summed E-state index contributed by atoms with van der Waals surface area (Å²) in [4.78, 5) is 21.8. The number of amides is 1. The lowest BCUT2D eigenvalue weighted by Crippen LogP contribution is -2.28. The van der Waals surface area contributed by atoms with Gasteiger partial charge in [-0.1, -0.05) is 0 Å². The van der Waals surface area contributed by atoms with Gasteiger partial charge in [0.2, 0.25) is 0 Å². The molecule has 1 amide bonds. The van der Waals surface area contributed by atoms with Gasteiger partial charge < -0.3 is 14.8 Å². The summed E-state index contributed by atoms with van der Waals surface area (Å²) in [5, 5.41) is 13.2. The Hall–Kier alpha value is -2.06. The third-order valence-corrected chi connectivity index (χ3v) is 2.36. The maximum atomic E-state index is 13.1. The van der Waals surface area contributed by atoms with Crippen LogP contribution in [0.1, 0.15) is 10.4 Å². The largest absolute Gasteiger partial charge is 0.382 e. The molecule has 0 unspecified atom stereocenters. The Kier molecular flexibility index (Phi) is 6.54. The molecular weight excluding hydrogens is 271 g/mol. The molecule has 20 heavy (non-hydrogen) atoms. The summed E-state index contributed by atoms with van der Waals surface area (Å²) in [5.41, 5.74) is -0.754. The fraction of sp³-hybridized carbons (Fsp3) is 0.417. The standard InChI is InChI=1S/C12H15FN2O5/c1-19-6-7-20-5-4-14-12(16)10-8-9(13)2-3-11(10)15(17)18/h2-3,8H,4-7H2,1H3,(H,14,16). The van der Waals surface area contributed by atoms with Gasteiger partial charge in [-0.2, -0.15) is 0 Å². The number of benzene rings is 1. The number of halogens is 1. The molecule has 7 nitrogen and oxygen atoms in total. The van der Waals surface area contributed by atoms with Crippen LogP contribution in [0.2, 0.25) is 0 Å². The van der Waals surface area contributed by atoms with Gasteiger partial charge in [0.05, 0.1) is 24.7 Å². The molecule has 1 aromatic carbocycles. The first-order valence-corrected chi connectivity index (χ1v) is 5.85. The van der Waals surface area contributed by atoms with Gasteiger partial charge in [0.1, 0.15) is 11.4 Å². The lowest BCUT2D eigenvalue weighted by atomic mass is 10.1. The second kappa shape index (κ2) is 8.18. The highest BCUT2D eigenvalue weighted by Gasteiger charge is 2.20. The summed E-state index contributed by atoms with van der Waals surface area (Å²) >= 11 is 0. The molecule has 0 fully saturated rings. The summed E-state index contributed by atoms with van der Waals surface area (Å²) in [5.74, 6) is -1.43. The minimum atomic E-state index is -0.733. The number of hydrogen-bond acceptors (Lipinski definition) is 5. The third kappa shape index (κ3) is 4.90. The molecule has 0 radical (unpaired) electrons. The Morgan fingerprint density at radius 1 is 1.40 bits per heavy atom. The van der Waals surface area contributed by atoms with Gasteiger partial charge in [0.25, 0.3) is 11.6 Å². The fourth-order valence-corrected chi connectivity index (χ4v) is 1.43. The molecule has 1 rings (SSSR count). The normalized spacial score (nSPS) is 10.3. The minimum Gasteiger partial charge on any atom is -0.382 e. The second-order valence-corrected chi connectivity index (χ2v) is 3.78. The van der Waals surface area contributed by atoms with E-state index in [1.807, 2.05) is 0 Å². The number of nitrogens with zero attached hydrogens (tertiary/aromatic N) is 1. The van der Waals surface area contributed by atoms with E-state index in [0.29, 0.717) is 13.2 Å². The number of rotatable bonds is 8. The lowest BCUT2D eigenvalue weighted by Gasteiger charge is -2.06. The van der Waals surface area contributed by atoms with Crippen molar-refractivity contribution < 1.29 is 23.6 Å². The average Bonchev–Trinajstić information content (AvgIpc) is 2.42. The molecule has 0 bridgehead atoms. The van der Waals surface area contributed by atoms with Crippen LogP contribution in [0.4, 0.5) is 10.1 Å². The molecule has 0 saturated carbocycles. The van der Waals surface area contributed by atoms with Crippen molar-refractivity contribution in [2.45, 2.75) is 0 Å². The van der Waals surface area contributed by atoms with Crippen LogP contribution in [0, 0.1) is 15.9 Å². The number of methoxy groups -OCH3 is 1. The van der Waals surface area contributed by atoms with Crippen LogP contribution < -0.4 is 5.32 Å². The van der Waals surface area contributed by atoms with E-state index in [0.717, 1.165) is 18.2 Å². The van der Waals surface area contributed by atoms with E-state index in [2.05, 4.69) is 5.32 Å². The van der Waals surface area contributed by atoms with Crippen LogP contribution in [0.25, 0.3) is 0 Å². The molecule has 8 heteroatoms. The van der Waals surface area contributed by atoms with Crippen LogP contribution in [-0.4, -0.2) is 44.3 Å². The maximum absolute atomic E-state index is 13.1. The van der Waals surface area contributed by atoms with E-state index in [1.54, 1.807) is 0 Å². The first kappa shape index (κ1) is 16.0. The molecule has 0 saturated heterocycles. The quantitative estimate of drug-likeness (QED) is 0.439. The smallest absolute Gasteiger partial charge is 0.282 e. The average molecular weight is 286 g/mol. The molecule has 0 aliphatic heterocycles. The van der Waals surface area contributed by atoms with Crippen molar-refractivity contribution in [2.75, 3.05) is 33.5 Å². The van der Waals surface area contributed by atoms with Crippen molar-refractivity contribution in [1.82, 2.24) is 5.32 Å². The van der Waals surface area contributed by atoms with Crippen LogP contribution in [0.5, 0.6) is 0 Å². The summed E-state index contributed by atoms with van der Waals surface area (Å²) < 4.78 is 22.9. The van der Waals surface area contributed by atoms with Gasteiger partial charge >= 0.3 is 0 Å². The van der Waals surface area contributed by atoms with E-state index >= 15 is 0 Å². The Morgan fingerprint density at radius 2 is 2.15 bits per heavy atom. The molecule has 1 N–H and O–H groups in total. The van der Waals surface area contributed by atoms with Crippen LogP contribution in [0.15, 0.2) is 18.2 Å². The van der Waals surface area contributed by atoms with Gasteiger partial charge in [-0.15, -0.1) is 0 Å². The fourth-order valence-electron chi connectivity index (χ4n) is 1.43. The van der Waals surface area contributed by atoms with E-state index in [1.165, 1.54) is 7.11 Å². The predicted molar refractivity (Wildman–Crippen MR) is 68.1 cm³/mol. The Bertz CT molecular complexity index is 481. The minimum absolute atomic E-state index is 0.163. The highest BCUT2D eigenvalue weighted by molar-refractivity contribution is 5.98. The van der Waals surface area contributed by atoms with Gasteiger partial charge in [-0.25, -0.2) is 4.39 Å². The van der Waals surface area contributed by atoms with Crippen molar-refractivity contribution >= 4 is 11.6 Å². The molecule has 0 spiro atoms. The lowest BCUT2D eigenvalue weighted by molar-refractivity contribution is -0.385. The topological polar surface area (TPSA) is 90.7 Å². The number of ether oxygens (including phenoxy) is 2. The van der Waals surface area contributed by atoms with Gasteiger partial charge in [0, 0.05) is 19.7 Å². The van der Waals surface area contributed by atoms with Crippen molar-refractivity contribution in [3.63, 3.8) is 0 Å². The van der Waals surface area contributed by atoms with Gasteiger partial charge in [0.15, 0.2) is 0 Å².